The number of hydrogen-bond donors (Lipinski definition) is 2. The number of urea groups is 1. The van der Waals surface area contributed by atoms with Gasteiger partial charge in [0.15, 0.2) is 0 Å². The van der Waals surface area contributed by atoms with Gasteiger partial charge in [0, 0.05) is 24.7 Å². The summed E-state index contributed by atoms with van der Waals surface area (Å²) < 4.78 is 1.69. The first-order chi connectivity index (χ1) is 15.5. The molecule has 2 aromatic carbocycles. The zero-order chi connectivity index (χ0) is 22.5. The molecule has 8 heteroatoms. The van der Waals surface area contributed by atoms with Crippen molar-refractivity contribution in [3.63, 3.8) is 0 Å². The lowest BCUT2D eigenvalue weighted by atomic mass is 10.0. The monoisotopic (exact) mass is 432 g/mol. The molecule has 1 saturated heterocycles. The number of benzene rings is 2. The van der Waals surface area contributed by atoms with E-state index in [9.17, 15) is 9.59 Å². The Balaban J connectivity index is 1.26. The highest BCUT2D eigenvalue weighted by atomic mass is 16.2. The van der Waals surface area contributed by atoms with Gasteiger partial charge in [0.1, 0.15) is 12.7 Å². The first-order valence-corrected chi connectivity index (χ1v) is 10.9. The molecule has 166 valence electrons. The van der Waals surface area contributed by atoms with Gasteiger partial charge in [-0.25, -0.2) is 14.5 Å². The average Bonchev–Trinajstić information content (AvgIpc) is 3.35. The summed E-state index contributed by atoms with van der Waals surface area (Å²) in [5, 5.41) is 10.3. The third-order valence-electron chi connectivity index (χ3n) is 5.92. The van der Waals surface area contributed by atoms with Crippen LogP contribution in [0.15, 0.2) is 61.2 Å². The van der Waals surface area contributed by atoms with Crippen molar-refractivity contribution in [2.24, 2.45) is 0 Å². The summed E-state index contributed by atoms with van der Waals surface area (Å²) in [6, 6.07) is 15.3. The Morgan fingerprint density at radius 3 is 2.44 bits per heavy atom. The summed E-state index contributed by atoms with van der Waals surface area (Å²) >= 11 is 0. The minimum atomic E-state index is -0.120. The predicted molar refractivity (Wildman–Crippen MR) is 122 cm³/mol. The van der Waals surface area contributed by atoms with E-state index in [0.29, 0.717) is 18.7 Å². The topological polar surface area (TPSA) is 92.2 Å². The van der Waals surface area contributed by atoms with E-state index in [1.165, 1.54) is 6.33 Å². The van der Waals surface area contributed by atoms with Crippen LogP contribution in [0.3, 0.4) is 0 Å². The van der Waals surface area contributed by atoms with Crippen LogP contribution in [0.5, 0.6) is 0 Å². The van der Waals surface area contributed by atoms with Gasteiger partial charge < -0.3 is 15.5 Å². The zero-order valence-electron chi connectivity index (χ0n) is 18.4. The van der Waals surface area contributed by atoms with E-state index in [2.05, 4.69) is 20.7 Å². The van der Waals surface area contributed by atoms with E-state index in [1.54, 1.807) is 11.0 Å². The number of carbonyl (C=O) groups excluding carboxylic acids is 2. The lowest BCUT2D eigenvalue weighted by Crippen LogP contribution is -2.49. The third kappa shape index (κ3) is 4.96. The molecule has 0 radical (unpaired) electrons. The van der Waals surface area contributed by atoms with E-state index in [-0.39, 0.29) is 24.0 Å². The zero-order valence-corrected chi connectivity index (χ0v) is 18.4. The minimum Gasteiger partial charge on any atom is -0.349 e. The van der Waals surface area contributed by atoms with Gasteiger partial charge in [-0.3, -0.25) is 4.79 Å². The molecule has 0 bridgehead atoms. The maximum atomic E-state index is 12.7. The van der Waals surface area contributed by atoms with Crippen molar-refractivity contribution in [3.8, 4) is 5.69 Å². The number of carbonyl (C=O) groups is 2. The molecule has 4 rings (SSSR count). The molecule has 1 aliphatic heterocycles. The minimum absolute atomic E-state index is 0.0473. The lowest BCUT2D eigenvalue weighted by Gasteiger charge is -2.33. The smallest absolute Gasteiger partial charge is 0.317 e. The van der Waals surface area contributed by atoms with Crippen LogP contribution in [0, 0.1) is 6.92 Å². The van der Waals surface area contributed by atoms with Gasteiger partial charge in [-0.15, -0.1) is 0 Å². The summed E-state index contributed by atoms with van der Waals surface area (Å²) in [6.45, 7) is 5.13. The van der Waals surface area contributed by atoms with Crippen LogP contribution in [0.4, 0.5) is 4.79 Å². The Morgan fingerprint density at radius 1 is 1.06 bits per heavy atom. The SMILES string of the molecule is Cc1ccccc1C(=O)NC1CCN(C(=O)NC(C)c2ccc(-n3cncn3)cc2)CC1. The Labute approximate surface area is 187 Å². The number of amides is 3. The highest BCUT2D eigenvalue weighted by Crippen LogP contribution is 2.17. The van der Waals surface area contributed by atoms with Crippen molar-refractivity contribution in [2.45, 2.75) is 38.8 Å². The number of aromatic nitrogens is 3. The first-order valence-electron chi connectivity index (χ1n) is 10.9. The molecule has 3 aromatic rings. The average molecular weight is 433 g/mol. The van der Waals surface area contributed by atoms with Crippen LogP contribution < -0.4 is 10.6 Å². The fourth-order valence-electron chi connectivity index (χ4n) is 3.93. The maximum absolute atomic E-state index is 12.7. The van der Waals surface area contributed by atoms with Crippen molar-refractivity contribution in [2.75, 3.05) is 13.1 Å². The number of rotatable bonds is 5. The van der Waals surface area contributed by atoms with Crippen molar-refractivity contribution in [1.29, 1.82) is 0 Å². The Kier molecular flexibility index (Phi) is 6.49. The summed E-state index contributed by atoms with van der Waals surface area (Å²) in [5.74, 6) is -0.0473. The predicted octanol–water partition coefficient (Wildman–Crippen LogP) is 3.24. The van der Waals surface area contributed by atoms with Crippen LogP contribution in [0.1, 0.15) is 47.3 Å². The third-order valence-corrected chi connectivity index (χ3v) is 5.92. The number of hydrogen-bond acceptors (Lipinski definition) is 4. The van der Waals surface area contributed by atoms with E-state index in [1.807, 2.05) is 67.3 Å². The number of nitrogens with one attached hydrogen (secondary N) is 2. The van der Waals surface area contributed by atoms with Crippen molar-refractivity contribution in [1.82, 2.24) is 30.3 Å². The molecule has 1 unspecified atom stereocenters. The number of nitrogens with zero attached hydrogens (tertiary/aromatic N) is 4. The molecule has 2 heterocycles. The van der Waals surface area contributed by atoms with Gasteiger partial charge in [0.2, 0.25) is 0 Å². The molecular weight excluding hydrogens is 404 g/mol. The molecule has 0 spiro atoms. The molecular formula is C24H28N6O2. The number of aryl methyl sites for hydroxylation is 1. The molecule has 3 amide bonds. The quantitative estimate of drug-likeness (QED) is 0.647. The normalized spacial score (nSPS) is 15.2. The Morgan fingerprint density at radius 2 is 1.78 bits per heavy atom. The van der Waals surface area contributed by atoms with Crippen molar-refractivity contribution < 1.29 is 9.59 Å². The fourth-order valence-corrected chi connectivity index (χ4v) is 3.93. The highest BCUT2D eigenvalue weighted by Gasteiger charge is 2.25. The summed E-state index contributed by atoms with van der Waals surface area (Å²) in [7, 11) is 0. The van der Waals surface area contributed by atoms with Crippen LogP contribution in [-0.4, -0.2) is 50.7 Å². The van der Waals surface area contributed by atoms with Crippen LogP contribution in [0.2, 0.25) is 0 Å². The molecule has 8 nitrogen and oxygen atoms in total. The van der Waals surface area contributed by atoms with Gasteiger partial charge in [-0.05, 0) is 56.0 Å². The second-order valence-corrected chi connectivity index (χ2v) is 8.15. The standard InChI is InChI=1S/C24H28N6O2/c1-17-5-3-4-6-22(17)23(31)28-20-11-13-29(14-12-20)24(32)27-18(2)19-7-9-21(10-8-19)30-16-25-15-26-30/h3-10,15-16,18,20H,11-14H2,1-2H3,(H,27,32)(H,28,31). The van der Waals surface area contributed by atoms with E-state index in [0.717, 1.165) is 29.7 Å². The lowest BCUT2D eigenvalue weighted by molar-refractivity contribution is 0.0917. The molecule has 0 aliphatic carbocycles. The van der Waals surface area contributed by atoms with Crippen LogP contribution >= 0.6 is 0 Å². The fraction of sp³-hybridized carbons (Fsp3) is 0.333. The second-order valence-electron chi connectivity index (χ2n) is 8.15. The number of likely N-dealkylation sites (tertiary alicyclic amines) is 1. The molecule has 1 aliphatic rings. The van der Waals surface area contributed by atoms with Gasteiger partial charge >= 0.3 is 6.03 Å². The van der Waals surface area contributed by atoms with E-state index in [4.69, 9.17) is 0 Å². The maximum Gasteiger partial charge on any atom is 0.317 e. The highest BCUT2D eigenvalue weighted by molar-refractivity contribution is 5.95. The number of piperidine rings is 1. The first kappa shape index (κ1) is 21.5. The molecule has 1 fully saturated rings. The Bertz CT molecular complexity index is 1060. The van der Waals surface area contributed by atoms with Gasteiger partial charge in [0.05, 0.1) is 11.7 Å². The van der Waals surface area contributed by atoms with Crippen LogP contribution in [-0.2, 0) is 0 Å². The van der Waals surface area contributed by atoms with Crippen molar-refractivity contribution in [3.05, 3.63) is 77.9 Å². The molecule has 32 heavy (non-hydrogen) atoms. The van der Waals surface area contributed by atoms with E-state index < -0.39 is 0 Å². The van der Waals surface area contributed by atoms with Crippen molar-refractivity contribution >= 4 is 11.9 Å². The summed E-state index contributed by atoms with van der Waals surface area (Å²) in [6.07, 6.45) is 4.62. The van der Waals surface area contributed by atoms with Gasteiger partial charge in [-0.1, -0.05) is 30.3 Å². The molecule has 1 atom stereocenters. The van der Waals surface area contributed by atoms with Gasteiger partial charge in [0.25, 0.3) is 5.91 Å². The molecule has 1 aromatic heterocycles. The summed E-state index contributed by atoms with van der Waals surface area (Å²) in [5.41, 5.74) is 3.60. The molecule has 0 saturated carbocycles. The molecule has 2 N–H and O–H groups in total. The van der Waals surface area contributed by atoms with E-state index >= 15 is 0 Å². The van der Waals surface area contributed by atoms with Crippen LogP contribution in [0.25, 0.3) is 5.69 Å². The Hall–Kier alpha value is -3.68. The van der Waals surface area contributed by atoms with Gasteiger partial charge in [-0.2, -0.15) is 5.10 Å². The second kappa shape index (κ2) is 9.64. The largest absolute Gasteiger partial charge is 0.349 e. The summed E-state index contributed by atoms with van der Waals surface area (Å²) in [4.78, 5) is 31.0.